The van der Waals surface area contributed by atoms with E-state index in [0.29, 0.717) is 0 Å². The van der Waals surface area contributed by atoms with Gasteiger partial charge >= 0.3 is 19.5 Å². The molecule has 0 amide bonds. The smallest absolute Gasteiger partial charge is 0.870 e. The topological polar surface area (TPSA) is 90.0 Å². The van der Waals surface area contributed by atoms with Crippen molar-refractivity contribution in [1.29, 1.82) is 0 Å². The summed E-state index contributed by atoms with van der Waals surface area (Å²) in [5, 5.41) is 0. The quantitative estimate of drug-likeness (QED) is 0.437. The fraction of sp³-hybridized carbons (Fsp3) is 0. The van der Waals surface area contributed by atoms with Crippen molar-refractivity contribution < 1.29 is 35.9 Å². The Bertz CT molecular complexity index is 3.25. The van der Waals surface area contributed by atoms with Crippen LogP contribution in [0.15, 0.2) is 0 Å². The maximum Gasteiger partial charge on any atom is 2.00 e. The molecule has 0 aliphatic heterocycles. The van der Waals surface area contributed by atoms with Gasteiger partial charge in [-0.1, -0.05) is 0 Å². The van der Waals surface area contributed by atoms with Crippen LogP contribution in [0.4, 0.5) is 0 Å². The number of hydrogen-bond acceptors (Lipinski definition) is 3. The van der Waals surface area contributed by atoms with Crippen molar-refractivity contribution in [1.82, 2.24) is 0 Å². The minimum absolute atomic E-state index is 0. The van der Waals surface area contributed by atoms with Crippen molar-refractivity contribution in [2.45, 2.75) is 0 Å². The van der Waals surface area contributed by atoms with Crippen LogP contribution in [-0.4, -0.2) is 16.4 Å². The Morgan fingerprint density at radius 1 is 0.500 bits per heavy atom. The van der Waals surface area contributed by atoms with E-state index < -0.39 is 0 Å². The van der Waals surface area contributed by atoms with Crippen molar-refractivity contribution in [3.8, 4) is 0 Å². The van der Waals surface area contributed by atoms with Crippen molar-refractivity contribution >= 4 is 0 Å². The molecule has 0 fully saturated rings. The normalized spacial score (nSPS) is 0. The SMILES string of the molecule is [OH-].[OH-].[OH-].[Ru+2]. The second kappa shape index (κ2) is 86.6. The minimum atomic E-state index is 0. The summed E-state index contributed by atoms with van der Waals surface area (Å²) in [6, 6.07) is 0. The van der Waals surface area contributed by atoms with Gasteiger partial charge in [0.05, 0.1) is 0 Å². The average Bonchev–Trinajstić information content (AvgIpc) is 0. The summed E-state index contributed by atoms with van der Waals surface area (Å²) in [7, 11) is 0. The van der Waals surface area contributed by atoms with E-state index in [0.717, 1.165) is 0 Å². The fourth-order valence-electron chi connectivity index (χ4n) is 0. The molecule has 3 nitrogen and oxygen atoms in total. The summed E-state index contributed by atoms with van der Waals surface area (Å²) >= 11 is 0. The first-order valence-electron chi connectivity index (χ1n) is 0. The minimum Gasteiger partial charge on any atom is -0.870 e. The molecule has 0 bridgehead atoms. The Morgan fingerprint density at radius 2 is 0.500 bits per heavy atom. The zero-order valence-corrected chi connectivity index (χ0v) is 3.43. The summed E-state index contributed by atoms with van der Waals surface area (Å²) in [6.45, 7) is 0. The Hall–Kier alpha value is 0.503. The summed E-state index contributed by atoms with van der Waals surface area (Å²) < 4.78 is 0. The second-order valence-electron chi connectivity index (χ2n) is 0. The standard InChI is InChI=1S/3H2O.Ru/h3*1H2;/q;;;+2/p-3. The molecule has 0 aromatic rings. The molecular formula is H3O3Ru-. The molecule has 3 N–H and O–H groups in total. The van der Waals surface area contributed by atoms with Crippen LogP contribution in [0.2, 0.25) is 0 Å². The summed E-state index contributed by atoms with van der Waals surface area (Å²) in [6.07, 6.45) is 0. The van der Waals surface area contributed by atoms with Gasteiger partial charge in [0.25, 0.3) is 0 Å². The predicted molar refractivity (Wildman–Crippen MR) is 5.81 cm³/mol. The van der Waals surface area contributed by atoms with E-state index in [2.05, 4.69) is 0 Å². The van der Waals surface area contributed by atoms with Gasteiger partial charge < -0.3 is 16.4 Å². The Kier molecular flexibility index (Phi) is 4730. The summed E-state index contributed by atoms with van der Waals surface area (Å²) in [4.78, 5) is 0. The predicted octanol–water partition coefficient (Wildman–Crippen LogP) is -0.533. The molecule has 0 aliphatic rings. The first-order valence-corrected chi connectivity index (χ1v) is 0. The van der Waals surface area contributed by atoms with Gasteiger partial charge in [-0.15, -0.1) is 0 Å². The van der Waals surface area contributed by atoms with Gasteiger partial charge in [-0.2, -0.15) is 0 Å². The maximum atomic E-state index is 0. The zero-order chi connectivity index (χ0) is 0. The van der Waals surface area contributed by atoms with Gasteiger partial charge in [-0.3, -0.25) is 0 Å². The molecule has 4 heteroatoms. The first kappa shape index (κ1) is 218. The molecule has 0 unspecified atom stereocenters. The van der Waals surface area contributed by atoms with Gasteiger partial charge in [0.2, 0.25) is 0 Å². The molecule has 0 saturated carbocycles. The molecule has 0 aromatic heterocycles. The van der Waals surface area contributed by atoms with E-state index in [4.69, 9.17) is 0 Å². The monoisotopic (exact) mass is 153 g/mol. The zero-order valence-electron chi connectivity index (χ0n) is 1.70. The molecule has 0 aromatic carbocycles. The van der Waals surface area contributed by atoms with Gasteiger partial charge in [0.1, 0.15) is 0 Å². The molecule has 30 valence electrons. The van der Waals surface area contributed by atoms with Crippen LogP contribution in [0.25, 0.3) is 0 Å². The fourth-order valence-corrected chi connectivity index (χ4v) is 0. The van der Waals surface area contributed by atoms with E-state index in [1.807, 2.05) is 0 Å². The van der Waals surface area contributed by atoms with Crippen molar-refractivity contribution in [2.75, 3.05) is 0 Å². The molecule has 0 atom stereocenters. The molecule has 4 heavy (non-hydrogen) atoms. The summed E-state index contributed by atoms with van der Waals surface area (Å²) in [5.41, 5.74) is 0. The number of rotatable bonds is 0. The first-order chi connectivity index (χ1) is 0. The molecule has 0 aliphatic carbocycles. The van der Waals surface area contributed by atoms with Crippen molar-refractivity contribution in [3.05, 3.63) is 0 Å². The van der Waals surface area contributed by atoms with E-state index in [-0.39, 0.29) is 35.9 Å². The Labute approximate surface area is 36.7 Å². The van der Waals surface area contributed by atoms with E-state index in [1.54, 1.807) is 0 Å². The number of hydrogen-bond donors (Lipinski definition) is 0. The van der Waals surface area contributed by atoms with E-state index in [1.165, 1.54) is 0 Å². The molecular weight excluding hydrogens is 149 g/mol. The van der Waals surface area contributed by atoms with Crippen molar-refractivity contribution in [3.63, 3.8) is 0 Å². The van der Waals surface area contributed by atoms with Gasteiger partial charge in [0.15, 0.2) is 0 Å². The third-order valence-corrected chi connectivity index (χ3v) is 0. The Morgan fingerprint density at radius 3 is 0.500 bits per heavy atom. The van der Waals surface area contributed by atoms with Gasteiger partial charge in [-0.25, -0.2) is 0 Å². The van der Waals surface area contributed by atoms with E-state index >= 15 is 0 Å². The van der Waals surface area contributed by atoms with Gasteiger partial charge in [-0.05, 0) is 0 Å². The molecule has 0 spiro atoms. The third-order valence-electron chi connectivity index (χ3n) is 0. The largest absolute Gasteiger partial charge is 2.00 e. The van der Waals surface area contributed by atoms with Gasteiger partial charge in [0, 0.05) is 0 Å². The van der Waals surface area contributed by atoms with Crippen LogP contribution in [0.5, 0.6) is 0 Å². The van der Waals surface area contributed by atoms with Crippen LogP contribution < -0.4 is 0 Å². The van der Waals surface area contributed by atoms with E-state index in [9.17, 15) is 0 Å². The van der Waals surface area contributed by atoms with Crippen LogP contribution in [0.1, 0.15) is 0 Å². The Balaban J connectivity index is 0. The average molecular weight is 152 g/mol. The van der Waals surface area contributed by atoms with Crippen LogP contribution in [0, 0.1) is 0 Å². The molecule has 0 radical (unpaired) electrons. The summed E-state index contributed by atoms with van der Waals surface area (Å²) in [5.74, 6) is 0. The second-order valence-corrected chi connectivity index (χ2v) is 0. The van der Waals surface area contributed by atoms with Crippen molar-refractivity contribution in [2.24, 2.45) is 0 Å². The molecule has 0 rings (SSSR count). The molecule has 0 saturated heterocycles. The maximum absolute atomic E-state index is 0. The van der Waals surface area contributed by atoms with Crippen LogP contribution in [-0.2, 0) is 19.5 Å². The van der Waals surface area contributed by atoms with Crippen LogP contribution >= 0.6 is 0 Å². The van der Waals surface area contributed by atoms with Crippen LogP contribution in [0.3, 0.4) is 0 Å². The molecule has 0 heterocycles. The third kappa shape index (κ3) is 22.3.